The molecule has 0 unspecified atom stereocenters. The van der Waals surface area contributed by atoms with Crippen LogP contribution in [0.3, 0.4) is 0 Å². The highest BCUT2D eigenvalue weighted by molar-refractivity contribution is 5.80. The second-order valence-electron chi connectivity index (χ2n) is 5.33. The average Bonchev–Trinajstić information content (AvgIpc) is 3.15. The van der Waals surface area contributed by atoms with Gasteiger partial charge < -0.3 is 15.8 Å². The quantitative estimate of drug-likeness (QED) is 0.685. The third-order valence-corrected chi connectivity index (χ3v) is 3.64. The van der Waals surface area contributed by atoms with Crippen molar-refractivity contribution in [2.24, 2.45) is 11.7 Å². The van der Waals surface area contributed by atoms with Crippen molar-refractivity contribution in [3.8, 4) is 0 Å². The van der Waals surface area contributed by atoms with Crippen LogP contribution in [0.4, 0.5) is 0 Å². The van der Waals surface area contributed by atoms with Gasteiger partial charge in [0, 0.05) is 25.1 Å². The van der Waals surface area contributed by atoms with E-state index in [-0.39, 0.29) is 5.91 Å². The van der Waals surface area contributed by atoms with E-state index < -0.39 is 0 Å². The van der Waals surface area contributed by atoms with Gasteiger partial charge in [-0.3, -0.25) is 4.79 Å². The molecule has 0 radical (unpaired) electrons. The molecule has 2 aliphatic carbocycles. The van der Waals surface area contributed by atoms with Crippen LogP contribution in [-0.2, 0) is 9.53 Å². The molecule has 1 amide bonds. The summed E-state index contributed by atoms with van der Waals surface area (Å²) in [5, 5.41) is 2.95. The molecule has 2 rings (SSSR count). The Morgan fingerprint density at radius 2 is 1.88 bits per heavy atom. The van der Waals surface area contributed by atoms with E-state index in [2.05, 4.69) is 5.32 Å². The lowest BCUT2D eigenvalue weighted by molar-refractivity contribution is -0.122. The van der Waals surface area contributed by atoms with Crippen LogP contribution in [-0.4, -0.2) is 31.2 Å². The van der Waals surface area contributed by atoms with Crippen molar-refractivity contribution in [2.45, 2.75) is 57.1 Å². The fourth-order valence-electron chi connectivity index (χ4n) is 2.28. The van der Waals surface area contributed by atoms with Gasteiger partial charge in [0.15, 0.2) is 0 Å². The lowest BCUT2D eigenvalue weighted by Gasteiger charge is -2.26. The second kappa shape index (κ2) is 6.36. The van der Waals surface area contributed by atoms with Crippen LogP contribution in [0.15, 0.2) is 0 Å². The lowest BCUT2D eigenvalue weighted by Crippen LogP contribution is -2.31. The van der Waals surface area contributed by atoms with Crippen LogP contribution in [0.2, 0.25) is 0 Å². The molecule has 17 heavy (non-hydrogen) atoms. The van der Waals surface area contributed by atoms with E-state index in [0.717, 1.165) is 58.1 Å². The Morgan fingerprint density at radius 1 is 1.18 bits per heavy atom. The monoisotopic (exact) mass is 240 g/mol. The van der Waals surface area contributed by atoms with Gasteiger partial charge in [0.05, 0.1) is 6.10 Å². The van der Waals surface area contributed by atoms with E-state index in [1.165, 1.54) is 0 Å². The van der Waals surface area contributed by atoms with Gasteiger partial charge in [0.1, 0.15) is 0 Å². The van der Waals surface area contributed by atoms with Crippen molar-refractivity contribution < 1.29 is 9.53 Å². The van der Waals surface area contributed by atoms with Gasteiger partial charge in [-0.2, -0.15) is 0 Å². The van der Waals surface area contributed by atoms with E-state index in [9.17, 15) is 4.79 Å². The van der Waals surface area contributed by atoms with Crippen LogP contribution in [0.1, 0.15) is 44.9 Å². The first kappa shape index (κ1) is 12.8. The zero-order chi connectivity index (χ0) is 12.1. The topological polar surface area (TPSA) is 64.3 Å². The fourth-order valence-corrected chi connectivity index (χ4v) is 2.28. The van der Waals surface area contributed by atoms with Gasteiger partial charge in [-0.05, 0) is 44.9 Å². The Morgan fingerprint density at radius 3 is 2.53 bits per heavy atom. The number of carbonyl (C=O) groups excluding carboxylic acids is 1. The molecule has 2 saturated carbocycles. The molecule has 0 saturated heterocycles. The molecule has 2 fully saturated rings. The van der Waals surface area contributed by atoms with E-state index >= 15 is 0 Å². The number of amides is 1. The molecule has 2 aliphatic rings. The molecule has 4 nitrogen and oxygen atoms in total. The fraction of sp³-hybridized carbons (Fsp3) is 0.923. The van der Waals surface area contributed by atoms with E-state index in [1.54, 1.807) is 0 Å². The zero-order valence-corrected chi connectivity index (χ0v) is 10.5. The van der Waals surface area contributed by atoms with Crippen LogP contribution >= 0.6 is 0 Å². The number of ether oxygens (including phenoxy) is 1. The summed E-state index contributed by atoms with van der Waals surface area (Å²) in [7, 11) is 0. The van der Waals surface area contributed by atoms with Gasteiger partial charge in [-0.1, -0.05) is 0 Å². The van der Waals surface area contributed by atoms with Crippen LogP contribution in [0.25, 0.3) is 0 Å². The third kappa shape index (κ3) is 4.64. The molecule has 0 aromatic heterocycles. The highest BCUT2D eigenvalue weighted by Crippen LogP contribution is 2.28. The summed E-state index contributed by atoms with van der Waals surface area (Å²) in [4.78, 5) is 11.3. The van der Waals surface area contributed by atoms with Crippen molar-refractivity contribution in [1.29, 1.82) is 0 Å². The van der Waals surface area contributed by atoms with E-state index in [4.69, 9.17) is 10.5 Å². The van der Waals surface area contributed by atoms with Gasteiger partial charge in [-0.25, -0.2) is 0 Å². The van der Waals surface area contributed by atoms with Crippen LogP contribution < -0.4 is 11.1 Å². The predicted octanol–water partition coefficient (Wildman–Crippen LogP) is 1.19. The maximum absolute atomic E-state index is 11.3. The zero-order valence-electron chi connectivity index (χ0n) is 10.5. The maximum Gasteiger partial charge on any atom is 0.223 e. The first-order chi connectivity index (χ1) is 8.25. The normalized spacial score (nSPS) is 29.0. The van der Waals surface area contributed by atoms with E-state index in [1.807, 2.05) is 0 Å². The molecule has 0 aliphatic heterocycles. The summed E-state index contributed by atoms with van der Waals surface area (Å²) in [6, 6.07) is 0.382. The predicted molar refractivity (Wildman–Crippen MR) is 66.5 cm³/mol. The molecule has 98 valence electrons. The Balaban J connectivity index is 1.44. The molecule has 0 heterocycles. The summed E-state index contributed by atoms with van der Waals surface area (Å²) < 4.78 is 5.78. The molecule has 0 spiro atoms. The molecular weight excluding hydrogens is 216 g/mol. The van der Waals surface area contributed by atoms with Crippen molar-refractivity contribution in [2.75, 3.05) is 13.2 Å². The number of hydrogen-bond donors (Lipinski definition) is 2. The van der Waals surface area contributed by atoms with Crippen molar-refractivity contribution in [3.63, 3.8) is 0 Å². The van der Waals surface area contributed by atoms with Crippen molar-refractivity contribution in [1.82, 2.24) is 5.32 Å². The first-order valence-corrected chi connectivity index (χ1v) is 6.90. The minimum Gasteiger partial charge on any atom is -0.378 e. The van der Waals surface area contributed by atoms with Crippen molar-refractivity contribution >= 4 is 5.91 Å². The number of hydrogen-bond acceptors (Lipinski definition) is 3. The Hall–Kier alpha value is -0.610. The van der Waals surface area contributed by atoms with Gasteiger partial charge in [-0.15, -0.1) is 0 Å². The minimum atomic E-state index is 0.230. The highest BCUT2D eigenvalue weighted by atomic mass is 16.5. The Bertz CT molecular complexity index is 246. The summed E-state index contributed by atoms with van der Waals surface area (Å²) in [6.07, 6.45) is 7.82. The van der Waals surface area contributed by atoms with Crippen LogP contribution in [0.5, 0.6) is 0 Å². The average molecular weight is 240 g/mol. The largest absolute Gasteiger partial charge is 0.378 e. The Labute approximate surface area is 103 Å². The second-order valence-corrected chi connectivity index (χ2v) is 5.33. The summed E-state index contributed by atoms with van der Waals surface area (Å²) >= 11 is 0. The molecule has 0 aromatic carbocycles. The molecule has 0 bridgehead atoms. The molecular formula is C13H24N2O2. The Kier molecular flexibility index (Phi) is 4.80. The summed E-state index contributed by atoms with van der Waals surface area (Å²) in [6.45, 7) is 1.51. The molecule has 3 N–H and O–H groups in total. The van der Waals surface area contributed by atoms with Crippen molar-refractivity contribution in [3.05, 3.63) is 0 Å². The third-order valence-electron chi connectivity index (χ3n) is 3.64. The van der Waals surface area contributed by atoms with Gasteiger partial charge in [0.2, 0.25) is 5.91 Å². The number of nitrogens with one attached hydrogen (secondary N) is 1. The van der Waals surface area contributed by atoms with Gasteiger partial charge in [0.25, 0.3) is 0 Å². The highest BCUT2D eigenvalue weighted by Gasteiger charge is 2.28. The van der Waals surface area contributed by atoms with Crippen LogP contribution in [0, 0.1) is 5.92 Å². The first-order valence-electron chi connectivity index (χ1n) is 6.90. The number of carbonyl (C=O) groups is 1. The smallest absolute Gasteiger partial charge is 0.223 e. The maximum atomic E-state index is 11.3. The summed E-state index contributed by atoms with van der Waals surface area (Å²) in [5.74, 6) is 0.546. The molecule has 0 atom stereocenters. The van der Waals surface area contributed by atoms with Gasteiger partial charge >= 0.3 is 0 Å². The summed E-state index contributed by atoms with van der Waals surface area (Å²) in [5.41, 5.74) is 5.84. The number of nitrogens with two attached hydrogens (primary N) is 1. The van der Waals surface area contributed by atoms with E-state index in [0.29, 0.717) is 18.1 Å². The molecule has 4 heteroatoms. The molecule has 0 aromatic rings. The number of rotatable bonds is 6. The SMILES string of the molecule is NC1CCC(OCCCNC(=O)C2CC2)CC1. The lowest BCUT2D eigenvalue weighted by atomic mass is 9.94. The standard InChI is InChI=1S/C13H24N2O2/c14-11-4-6-12(7-5-11)17-9-1-8-15-13(16)10-2-3-10/h10-12H,1-9,14H2,(H,15,16). The minimum absolute atomic E-state index is 0.230.